The van der Waals surface area contributed by atoms with Gasteiger partial charge in [0.05, 0.1) is 6.54 Å². The van der Waals surface area contributed by atoms with Crippen LogP contribution < -0.4 is 5.32 Å². The number of piperidine rings is 1. The van der Waals surface area contributed by atoms with Gasteiger partial charge in [-0.05, 0) is 57.8 Å². The summed E-state index contributed by atoms with van der Waals surface area (Å²) in [5.74, 6) is 1.85. The summed E-state index contributed by atoms with van der Waals surface area (Å²) in [7, 11) is 0. The number of nitrogens with zero attached hydrogens (tertiary/aromatic N) is 1. The van der Waals surface area contributed by atoms with Crippen LogP contribution in [0.15, 0.2) is 34.7 Å². The third kappa shape index (κ3) is 3.66. The van der Waals surface area contributed by atoms with Crippen LogP contribution in [0.5, 0.6) is 0 Å². The predicted molar refractivity (Wildman–Crippen MR) is 87.4 cm³/mol. The zero-order valence-electron chi connectivity index (χ0n) is 13.1. The minimum absolute atomic E-state index is 0.542. The number of rotatable bonds is 5. The maximum absolute atomic E-state index is 5.98. The first kappa shape index (κ1) is 14.6. The standard InChI is InChI=1S/C18H26N2O/c1-14(2)20(12-15-6-5-9-19-11-15)13-17-10-16-7-3-4-8-18(16)21-17/h3-4,7-8,10,14-15,19H,5-6,9,11-13H2,1-2H3. The maximum Gasteiger partial charge on any atom is 0.134 e. The zero-order valence-corrected chi connectivity index (χ0v) is 13.1. The van der Waals surface area contributed by atoms with E-state index in [9.17, 15) is 0 Å². The van der Waals surface area contributed by atoms with E-state index >= 15 is 0 Å². The number of hydrogen-bond acceptors (Lipinski definition) is 3. The molecule has 0 amide bonds. The van der Waals surface area contributed by atoms with Crippen LogP contribution in [0.4, 0.5) is 0 Å². The Bertz CT molecular complexity index is 536. The molecule has 1 atom stereocenters. The van der Waals surface area contributed by atoms with E-state index in [2.05, 4.69) is 42.3 Å². The van der Waals surface area contributed by atoms with E-state index in [1.807, 2.05) is 12.1 Å². The molecule has 1 aromatic carbocycles. The van der Waals surface area contributed by atoms with E-state index in [1.165, 1.54) is 24.8 Å². The predicted octanol–water partition coefficient (Wildman–Crippen LogP) is 3.64. The number of nitrogens with one attached hydrogen (secondary N) is 1. The van der Waals surface area contributed by atoms with E-state index in [-0.39, 0.29) is 0 Å². The lowest BCUT2D eigenvalue weighted by Crippen LogP contribution is -2.40. The monoisotopic (exact) mass is 286 g/mol. The molecule has 2 aromatic rings. The third-order valence-electron chi connectivity index (χ3n) is 4.46. The Hall–Kier alpha value is -1.32. The summed E-state index contributed by atoms with van der Waals surface area (Å²) >= 11 is 0. The number of para-hydroxylation sites is 1. The van der Waals surface area contributed by atoms with Crippen LogP contribution >= 0.6 is 0 Å². The van der Waals surface area contributed by atoms with E-state index in [1.54, 1.807) is 0 Å². The van der Waals surface area contributed by atoms with E-state index in [0.29, 0.717) is 6.04 Å². The van der Waals surface area contributed by atoms with Crippen LogP contribution in [0.3, 0.4) is 0 Å². The Morgan fingerprint density at radius 1 is 1.33 bits per heavy atom. The Morgan fingerprint density at radius 2 is 2.19 bits per heavy atom. The lowest BCUT2D eigenvalue weighted by molar-refractivity contribution is 0.154. The molecule has 1 N–H and O–H groups in total. The highest BCUT2D eigenvalue weighted by atomic mass is 16.3. The zero-order chi connectivity index (χ0) is 14.7. The summed E-state index contributed by atoms with van der Waals surface area (Å²) < 4.78 is 5.98. The van der Waals surface area contributed by atoms with Crippen molar-refractivity contribution in [2.45, 2.75) is 39.3 Å². The van der Waals surface area contributed by atoms with Crippen LogP contribution in [-0.4, -0.2) is 30.6 Å². The second kappa shape index (κ2) is 6.63. The minimum atomic E-state index is 0.542. The largest absolute Gasteiger partial charge is 0.460 e. The fraction of sp³-hybridized carbons (Fsp3) is 0.556. The molecule has 1 aromatic heterocycles. The van der Waals surface area contributed by atoms with Gasteiger partial charge in [0.15, 0.2) is 0 Å². The van der Waals surface area contributed by atoms with E-state index < -0.39 is 0 Å². The van der Waals surface area contributed by atoms with Crippen molar-refractivity contribution in [1.82, 2.24) is 10.2 Å². The molecule has 1 fully saturated rings. The van der Waals surface area contributed by atoms with Gasteiger partial charge in [-0.1, -0.05) is 18.2 Å². The van der Waals surface area contributed by atoms with Crippen LogP contribution in [0.1, 0.15) is 32.4 Å². The summed E-state index contributed by atoms with van der Waals surface area (Å²) in [4.78, 5) is 2.54. The van der Waals surface area contributed by atoms with Crippen molar-refractivity contribution in [3.63, 3.8) is 0 Å². The average Bonchev–Trinajstić information content (AvgIpc) is 2.90. The Balaban J connectivity index is 1.68. The van der Waals surface area contributed by atoms with Gasteiger partial charge >= 0.3 is 0 Å². The molecule has 3 heteroatoms. The van der Waals surface area contributed by atoms with Gasteiger partial charge in [0.25, 0.3) is 0 Å². The Labute approximate surface area is 127 Å². The molecule has 0 saturated carbocycles. The molecule has 114 valence electrons. The summed E-state index contributed by atoms with van der Waals surface area (Å²) in [6.45, 7) is 8.95. The van der Waals surface area contributed by atoms with Crippen LogP contribution in [-0.2, 0) is 6.54 Å². The Morgan fingerprint density at radius 3 is 2.90 bits per heavy atom. The highest BCUT2D eigenvalue weighted by Crippen LogP contribution is 2.22. The molecule has 1 saturated heterocycles. The molecule has 1 aliphatic heterocycles. The average molecular weight is 286 g/mol. The van der Waals surface area contributed by atoms with Crippen molar-refractivity contribution in [2.24, 2.45) is 5.92 Å². The van der Waals surface area contributed by atoms with Gasteiger partial charge in [-0.25, -0.2) is 0 Å². The fourth-order valence-corrected chi connectivity index (χ4v) is 3.18. The van der Waals surface area contributed by atoms with Gasteiger partial charge in [-0.2, -0.15) is 0 Å². The molecule has 0 spiro atoms. The first-order chi connectivity index (χ1) is 10.2. The molecule has 1 unspecified atom stereocenters. The summed E-state index contributed by atoms with van der Waals surface area (Å²) in [5, 5.41) is 4.72. The van der Waals surface area contributed by atoms with E-state index in [0.717, 1.165) is 36.9 Å². The van der Waals surface area contributed by atoms with Crippen LogP contribution in [0.2, 0.25) is 0 Å². The van der Waals surface area contributed by atoms with Crippen molar-refractivity contribution in [1.29, 1.82) is 0 Å². The van der Waals surface area contributed by atoms with Gasteiger partial charge in [-0.15, -0.1) is 0 Å². The molecule has 0 aliphatic carbocycles. The quantitative estimate of drug-likeness (QED) is 0.909. The molecule has 1 aliphatic rings. The lowest BCUT2D eigenvalue weighted by atomic mass is 9.98. The van der Waals surface area contributed by atoms with Gasteiger partial charge in [0.2, 0.25) is 0 Å². The first-order valence-electron chi connectivity index (χ1n) is 8.14. The van der Waals surface area contributed by atoms with Crippen molar-refractivity contribution in [3.8, 4) is 0 Å². The minimum Gasteiger partial charge on any atom is -0.460 e. The fourth-order valence-electron chi connectivity index (χ4n) is 3.18. The second-order valence-corrected chi connectivity index (χ2v) is 6.49. The first-order valence-corrected chi connectivity index (χ1v) is 8.14. The van der Waals surface area contributed by atoms with Gasteiger partial charge in [0, 0.05) is 18.0 Å². The molecule has 0 radical (unpaired) electrons. The molecule has 21 heavy (non-hydrogen) atoms. The van der Waals surface area contributed by atoms with Gasteiger partial charge in [0.1, 0.15) is 11.3 Å². The molecule has 3 nitrogen and oxygen atoms in total. The van der Waals surface area contributed by atoms with Crippen molar-refractivity contribution in [2.75, 3.05) is 19.6 Å². The van der Waals surface area contributed by atoms with Crippen molar-refractivity contribution in [3.05, 3.63) is 36.1 Å². The normalized spacial score (nSPS) is 19.7. The van der Waals surface area contributed by atoms with Crippen LogP contribution in [0.25, 0.3) is 11.0 Å². The van der Waals surface area contributed by atoms with Crippen LogP contribution in [0, 0.1) is 5.92 Å². The summed E-state index contributed by atoms with van der Waals surface area (Å²) in [6, 6.07) is 11.0. The highest BCUT2D eigenvalue weighted by molar-refractivity contribution is 5.77. The molecule has 0 bridgehead atoms. The van der Waals surface area contributed by atoms with Crippen molar-refractivity contribution >= 4 is 11.0 Å². The summed E-state index contributed by atoms with van der Waals surface area (Å²) in [6.07, 6.45) is 2.65. The van der Waals surface area contributed by atoms with E-state index in [4.69, 9.17) is 4.42 Å². The molecular formula is C18H26N2O. The smallest absolute Gasteiger partial charge is 0.134 e. The van der Waals surface area contributed by atoms with Gasteiger partial charge in [-0.3, -0.25) is 4.90 Å². The van der Waals surface area contributed by atoms with Crippen molar-refractivity contribution < 1.29 is 4.42 Å². The SMILES string of the molecule is CC(C)N(Cc1cc2ccccc2o1)CC1CCCNC1. The highest BCUT2D eigenvalue weighted by Gasteiger charge is 2.20. The molecular weight excluding hydrogens is 260 g/mol. The topological polar surface area (TPSA) is 28.4 Å². The lowest BCUT2D eigenvalue weighted by Gasteiger charge is -2.32. The number of hydrogen-bond donors (Lipinski definition) is 1. The summed E-state index contributed by atoms with van der Waals surface area (Å²) in [5.41, 5.74) is 0.996. The maximum atomic E-state index is 5.98. The Kier molecular flexibility index (Phi) is 4.61. The molecule has 2 heterocycles. The second-order valence-electron chi connectivity index (χ2n) is 6.49. The number of furan rings is 1. The number of fused-ring (bicyclic) bond motifs is 1. The van der Waals surface area contributed by atoms with Gasteiger partial charge < -0.3 is 9.73 Å². The molecule has 3 rings (SSSR count). The third-order valence-corrected chi connectivity index (χ3v) is 4.46. The number of benzene rings is 1.